The van der Waals surface area contributed by atoms with Crippen LogP contribution in [0.4, 0.5) is 0 Å². The second-order valence-corrected chi connectivity index (χ2v) is 10.6. The average Bonchev–Trinajstić information content (AvgIpc) is 2.87. The van der Waals surface area contributed by atoms with Crippen molar-refractivity contribution in [2.45, 2.75) is 90.7 Å². The monoisotopic (exact) mass is 626 g/mol. The molecule has 15 heteroatoms. The Bertz CT molecular complexity index is 750. The van der Waals surface area contributed by atoms with Gasteiger partial charge in [0, 0.05) is 11.5 Å². The molecular weight excluding hydrogens is 583 g/mol. The van der Waals surface area contributed by atoms with Gasteiger partial charge >= 0.3 is 41.5 Å². The largest absolute Gasteiger partial charge is 1.00 e. The van der Waals surface area contributed by atoms with Crippen LogP contribution in [0.1, 0.15) is 85.5 Å². The molecule has 226 valence electrons. The number of carbonyl (C=O) groups excluding carboxylic acids is 4. The fourth-order valence-corrected chi connectivity index (χ4v) is 3.46. The summed E-state index contributed by atoms with van der Waals surface area (Å²) in [7, 11) is -5.01. The summed E-state index contributed by atoms with van der Waals surface area (Å²) in [4.78, 5) is 42.5. The fourth-order valence-electron chi connectivity index (χ4n) is 2.81. The molecule has 3 atom stereocenters. The van der Waals surface area contributed by atoms with Crippen molar-refractivity contribution in [1.82, 2.24) is 0 Å². The minimum atomic E-state index is -5.01. The van der Waals surface area contributed by atoms with E-state index < -0.39 is 45.7 Å². The molecule has 0 saturated carbocycles. The van der Waals surface area contributed by atoms with Gasteiger partial charge in [0.1, 0.15) is 10.1 Å². The molecule has 0 spiro atoms. The number of ether oxygens (including phenoxy) is 2. The van der Waals surface area contributed by atoms with E-state index in [0.29, 0.717) is 0 Å². The van der Waals surface area contributed by atoms with Crippen LogP contribution < -0.4 is 39.8 Å². The van der Waals surface area contributed by atoms with E-state index >= 15 is 0 Å². The number of aliphatic carboxylic acids is 2. The van der Waals surface area contributed by atoms with E-state index in [2.05, 4.69) is 39.1 Å². The van der Waals surface area contributed by atoms with Crippen molar-refractivity contribution in [1.29, 1.82) is 0 Å². The molecule has 0 aromatic heterocycles. The minimum Gasteiger partial charge on any atom is -0.747 e. The summed E-state index contributed by atoms with van der Waals surface area (Å²) in [6.07, 6.45) is 6.58. The predicted octanol–water partition coefficient (Wildman–Crippen LogP) is -1.85. The summed E-state index contributed by atoms with van der Waals surface area (Å²) in [5.74, 6) is -4.40. The molecule has 0 aromatic carbocycles. The molecule has 0 rings (SSSR count). The summed E-state index contributed by atoms with van der Waals surface area (Å²) >= 11 is 6.71. The summed E-state index contributed by atoms with van der Waals surface area (Å²) in [5.41, 5.74) is 0. The van der Waals surface area contributed by atoms with E-state index in [4.69, 9.17) is 9.47 Å². The van der Waals surface area contributed by atoms with Crippen LogP contribution in [0.3, 0.4) is 0 Å². The van der Waals surface area contributed by atoms with Gasteiger partial charge < -0.3 is 33.8 Å². The second-order valence-electron chi connectivity index (χ2n) is 8.39. The van der Waals surface area contributed by atoms with Crippen LogP contribution in [0.5, 0.6) is 0 Å². The van der Waals surface area contributed by atoms with Crippen LogP contribution in [-0.4, -0.2) is 66.8 Å². The van der Waals surface area contributed by atoms with Crippen molar-refractivity contribution < 1.29 is 81.4 Å². The normalized spacial score (nSPS) is 12.6. The number of carboxylic acids is 2. The zero-order valence-electron chi connectivity index (χ0n) is 23.7. The minimum absolute atomic E-state index is 0. The van der Waals surface area contributed by atoms with Crippen LogP contribution in [0.15, 0.2) is 0 Å². The first-order valence-electron chi connectivity index (χ1n) is 12.6. The number of hydrogen-bond acceptors (Lipinski definition) is 13. The molecule has 0 aliphatic carbocycles. The van der Waals surface area contributed by atoms with Gasteiger partial charge in [-0.25, -0.2) is 8.42 Å². The zero-order valence-corrected chi connectivity index (χ0v) is 28.3. The van der Waals surface area contributed by atoms with Gasteiger partial charge in [0.05, 0.1) is 31.6 Å². The number of carbonyl (C=O) groups is 4. The number of esters is 2. The Morgan fingerprint density at radius 2 is 1.13 bits per heavy atom. The predicted molar refractivity (Wildman–Crippen MR) is 144 cm³/mol. The van der Waals surface area contributed by atoms with E-state index in [9.17, 15) is 42.4 Å². The number of rotatable bonds is 18. The summed E-state index contributed by atoms with van der Waals surface area (Å²) in [5, 5.41) is 16.3. The maximum atomic E-state index is 12.1. The molecule has 0 aliphatic heterocycles. The van der Waals surface area contributed by atoms with E-state index in [1.807, 2.05) is 13.8 Å². The fraction of sp³-hybridized carbons (Fsp3) is 0.833. The maximum absolute atomic E-state index is 12.1. The molecule has 0 radical (unpaired) electrons. The Labute approximate surface area is 266 Å². The summed E-state index contributed by atoms with van der Waals surface area (Å²) < 4.78 is 44.6. The van der Waals surface area contributed by atoms with Crippen molar-refractivity contribution in [2.24, 2.45) is 11.8 Å². The van der Waals surface area contributed by atoms with Gasteiger partial charge in [0.2, 0.25) is 0 Å². The molecule has 39 heavy (non-hydrogen) atoms. The Hall–Kier alpha value is -0.510. The van der Waals surface area contributed by atoms with E-state index in [0.717, 1.165) is 51.4 Å². The van der Waals surface area contributed by atoms with Crippen molar-refractivity contribution in [3.8, 4) is 0 Å². The Morgan fingerprint density at radius 3 is 1.41 bits per heavy atom. The number of carboxylic acid groups (broad SMARTS) is 2. The van der Waals surface area contributed by atoms with Crippen LogP contribution in [0.25, 0.3) is 0 Å². The van der Waals surface area contributed by atoms with Crippen LogP contribution in [-0.2, 0) is 38.8 Å². The smallest absolute Gasteiger partial charge is 0.747 e. The van der Waals surface area contributed by atoms with Crippen LogP contribution in [0.2, 0.25) is 0 Å². The third-order valence-corrected chi connectivity index (χ3v) is 6.82. The molecule has 0 fully saturated rings. The van der Waals surface area contributed by atoms with Crippen molar-refractivity contribution in [2.75, 3.05) is 24.7 Å². The Morgan fingerprint density at radius 1 is 0.769 bits per heavy atom. The van der Waals surface area contributed by atoms with Gasteiger partial charge in [-0.2, -0.15) is 25.3 Å². The standard InChI is InChI=1S/C20H38O7S.2C2H4O2S.Na/c1-5-9-11-16(7-3)14-26-19(21)13-18(28(23,24)25)20(22)27-15-17(8-4)12-10-6-2;2*3-2(4)1-5;/h16-18H,5-15H2,1-4H3,(H,23,24,25);2*5H,1H2,(H,3,4);/q;;;+1/p-3. The molecule has 0 heterocycles. The average molecular weight is 627 g/mol. The first kappa shape index (κ1) is 45.5. The Balaban J connectivity index is -0.000000471. The van der Waals surface area contributed by atoms with Crippen molar-refractivity contribution in [3.05, 3.63) is 0 Å². The molecule has 0 N–H and O–H groups in total. The third-order valence-electron chi connectivity index (χ3n) is 5.25. The molecule has 0 amide bonds. The molecule has 0 aliphatic rings. The van der Waals surface area contributed by atoms with Gasteiger partial charge in [-0.15, -0.1) is 0 Å². The Kier molecular flexibility index (Phi) is 33.8. The first-order chi connectivity index (χ1) is 17.7. The molecule has 11 nitrogen and oxygen atoms in total. The molecule has 0 bridgehead atoms. The third kappa shape index (κ3) is 30.3. The van der Waals surface area contributed by atoms with Crippen molar-refractivity contribution >= 4 is 59.3 Å². The quantitative estimate of drug-likeness (QED) is 0.0751. The van der Waals surface area contributed by atoms with Gasteiger partial charge in [0.15, 0.2) is 5.25 Å². The van der Waals surface area contributed by atoms with Crippen molar-refractivity contribution in [3.63, 3.8) is 0 Å². The molecule has 0 aromatic rings. The van der Waals surface area contributed by atoms with Gasteiger partial charge in [-0.1, -0.05) is 66.2 Å². The maximum Gasteiger partial charge on any atom is 1.00 e. The van der Waals surface area contributed by atoms with E-state index in [-0.39, 0.29) is 66.1 Å². The number of thiol groups is 2. The second kappa shape index (κ2) is 29.0. The number of hydrogen-bond donors (Lipinski definition) is 2. The molecular formula is C24H43NaO11S3-2. The van der Waals surface area contributed by atoms with Gasteiger partial charge in [-0.05, 0) is 24.7 Å². The summed E-state index contributed by atoms with van der Waals surface area (Å²) in [6.45, 7) is 8.26. The van der Waals surface area contributed by atoms with E-state index in [1.54, 1.807) is 0 Å². The summed E-state index contributed by atoms with van der Waals surface area (Å²) in [6, 6.07) is 0. The molecule has 0 saturated heterocycles. The topological polar surface area (TPSA) is 190 Å². The first-order valence-corrected chi connectivity index (χ1v) is 15.4. The van der Waals surface area contributed by atoms with Gasteiger partial charge in [0.25, 0.3) is 0 Å². The SMILES string of the molecule is CCCCC(CC)COC(=O)CC(C(=O)OCC(CC)CCCC)S(=O)(=O)[O-].O=C([O-])CS.O=C([O-])CS.[Na+]. The zero-order chi connectivity index (χ0) is 30.1. The van der Waals surface area contributed by atoms with E-state index in [1.165, 1.54) is 0 Å². The molecule has 3 unspecified atom stereocenters. The van der Waals surface area contributed by atoms with Crippen LogP contribution >= 0.6 is 25.3 Å². The number of unbranched alkanes of at least 4 members (excludes halogenated alkanes) is 2. The van der Waals surface area contributed by atoms with Crippen LogP contribution in [0, 0.1) is 11.8 Å². The van der Waals surface area contributed by atoms with Gasteiger partial charge in [-0.3, -0.25) is 9.59 Å².